The Morgan fingerprint density at radius 2 is 1.61 bits per heavy atom. The molecule has 0 aliphatic carbocycles. The molecule has 0 spiro atoms. The summed E-state index contributed by atoms with van der Waals surface area (Å²) >= 11 is 0. The molecule has 2 aromatic rings. The fourth-order valence-electron chi connectivity index (χ4n) is 3.25. The van der Waals surface area contributed by atoms with Crippen LogP contribution in [0, 0.1) is 0 Å². The SMILES string of the molecule is CC1(C)OB(c2ccc(NC(=O)Cc3ccccc3)c3c2OCO3)OC1(C)C. The Morgan fingerprint density at radius 3 is 2.29 bits per heavy atom. The average molecular weight is 381 g/mol. The summed E-state index contributed by atoms with van der Waals surface area (Å²) in [7, 11) is -0.561. The molecule has 2 aromatic carbocycles. The third-order valence-electron chi connectivity index (χ3n) is 5.54. The highest BCUT2D eigenvalue weighted by atomic mass is 16.7. The van der Waals surface area contributed by atoms with Gasteiger partial charge in [0.2, 0.25) is 12.7 Å². The van der Waals surface area contributed by atoms with Crippen LogP contribution in [0.3, 0.4) is 0 Å². The maximum Gasteiger partial charge on any atom is 0.498 e. The van der Waals surface area contributed by atoms with Crippen molar-refractivity contribution >= 4 is 24.2 Å². The summed E-state index contributed by atoms with van der Waals surface area (Å²) in [6, 6.07) is 13.3. The van der Waals surface area contributed by atoms with Gasteiger partial charge in [-0.3, -0.25) is 4.79 Å². The fourth-order valence-corrected chi connectivity index (χ4v) is 3.25. The third kappa shape index (κ3) is 3.36. The van der Waals surface area contributed by atoms with E-state index in [2.05, 4.69) is 5.32 Å². The van der Waals surface area contributed by atoms with Crippen LogP contribution in [0.2, 0.25) is 0 Å². The number of benzene rings is 2. The van der Waals surface area contributed by atoms with Gasteiger partial charge in [-0.1, -0.05) is 36.4 Å². The molecule has 1 saturated heterocycles. The fraction of sp³-hybridized carbons (Fsp3) is 0.381. The molecular formula is C21H24BNO5. The molecule has 1 N–H and O–H groups in total. The first kappa shape index (κ1) is 18.8. The number of hydrogen-bond donors (Lipinski definition) is 1. The second-order valence-corrected chi connectivity index (χ2v) is 8.07. The molecule has 28 heavy (non-hydrogen) atoms. The van der Waals surface area contributed by atoms with E-state index in [9.17, 15) is 4.79 Å². The van der Waals surface area contributed by atoms with Crippen molar-refractivity contribution in [2.75, 3.05) is 12.1 Å². The largest absolute Gasteiger partial charge is 0.498 e. The Bertz CT molecular complexity index is 881. The zero-order chi connectivity index (χ0) is 19.9. The molecule has 1 fully saturated rings. The molecule has 2 heterocycles. The minimum Gasteiger partial charge on any atom is -0.454 e. The topological polar surface area (TPSA) is 66.0 Å². The standard InChI is InChI=1S/C21H24BNO5/c1-20(2)21(3,4)28-22(27-20)15-10-11-16(19-18(15)25-13-26-19)23-17(24)12-14-8-6-5-7-9-14/h5-11H,12-13H2,1-4H3,(H,23,24). The van der Waals surface area contributed by atoms with Gasteiger partial charge >= 0.3 is 7.12 Å². The maximum absolute atomic E-state index is 12.4. The van der Waals surface area contributed by atoms with Gasteiger partial charge in [-0.05, 0) is 39.3 Å². The van der Waals surface area contributed by atoms with Gasteiger partial charge in [-0.2, -0.15) is 0 Å². The molecule has 0 radical (unpaired) electrons. The molecule has 0 saturated carbocycles. The number of amides is 1. The summed E-state index contributed by atoms with van der Waals surface area (Å²) in [5.41, 5.74) is 1.38. The smallest absolute Gasteiger partial charge is 0.454 e. The van der Waals surface area contributed by atoms with E-state index < -0.39 is 18.3 Å². The Balaban J connectivity index is 1.56. The normalized spacial score (nSPS) is 18.9. The first-order valence-electron chi connectivity index (χ1n) is 9.39. The summed E-state index contributed by atoms with van der Waals surface area (Å²) in [5, 5.41) is 2.92. The number of nitrogens with one attached hydrogen (secondary N) is 1. The Kier molecular flexibility index (Phi) is 4.60. The van der Waals surface area contributed by atoms with Crippen LogP contribution >= 0.6 is 0 Å². The lowest BCUT2D eigenvalue weighted by atomic mass is 9.78. The summed E-state index contributed by atoms with van der Waals surface area (Å²) in [5.74, 6) is 0.942. The molecule has 0 unspecified atom stereocenters. The van der Waals surface area contributed by atoms with Crippen molar-refractivity contribution in [2.45, 2.75) is 45.3 Å². The molecule has 146 valence electrons. The highest BCUT2D eigenvalue weighted by molar-refractivity contribution is 6.63. The molecule has 7 heteroatoms. The molecule has 2 aliphatic rings. The quantitative estimate of drug-likeness (QED) is 0.826. The van der Waals surface area contributed by atoms with Gasteiger partial charge in [0.1, 0.15) is 0 Å². The number of carbonyl (C=O) groups is 1. The van der Waals surface area contributed by atoms with E-state index in [1.807, 2.05) is 64.1 Å². The molecule has 2 aliphatic heterocycles. The van der Waals surface area contributed by atoms with E-state index in [-0.39, 0.29) is 19.1 Å². The van der Waals surface area contributed by atoms with Gasteiger partial charge in [0.25, 0.3) is 0 Å². The Morgan fingerprint density at radius 1 is 0.964 bits per heavy atom. The summed E-state index contributed by atoms with van der Waals surface area (Å²) < 4.78 is 23.6. The van der Waals surface area contributed by atoms with Gasteiger partial charge in [0, 0.05) is 5.46 Å². The first-order chi connectivity index (χ1) is 13.3. The number of hydrogen-bond acceptors (Lipinski definition) is 5. The maximum atomic E-state index is 12.4. The van der Waals surface area contributed by atoms with Crippen molar-refractivity contribution in [2.24, 2.45) is 0 Å². The van der Waals surface area contributed by atoms with Crippen LogP contribution in [0.4, 0.5) is 5.69 Å². The number of fused-ring (bicyclic) bond motifs is 1. The Labute approximate surface area is 165 Å². The highest BCUT2D eigenvalue weighted by Crippen LogP contribution is 2.42. The molecule has 4 rings (SSSR count). The summed E-state index contributed by atoms with van der Waals surface area (Å²) in [6.45, 7) is 8.10. The molecule has 6 nitrogen and oxygen atoms in total. The molecule has 0 atom stereocenters. The molecule has 0 bridgehead atoms. The van der Waals surface area contributed by atoms with Gasteiger partial charge < -0.3 is 24.1 Å². The van der Waals surface area contributed by atoms with Gasteiger partial charge in [0.05, 0.1) is 23.3 Å². The van der Waals surface area contributed by atoms with Crippen molar-refractivity contribution < 1.29 is 23.6 Å². The zero-order valence-electron chi connectivity index (χ0n) is 16.6. The monoisotopic (exact) mass is 381 g/mol. The highest BCUT2D eigenvalue weighted by Gasteiger charge is 2.53. The lowest BCUT2D eigenvalue weighted by Gasteiger charge is -2.32. The first-order valence-corrected chi connectivity index (χ1v) is 9.39. The van der Waals surface area contributed by atoms with E-state index >= 15 is 0 Å². The second kappa shape index (κ2) is 6.83. The molecule has 1 amide bonds. The van der Waals surface area contributed by atoms with E-state index in [1.165, 1.54) is 0 Å². The van der Waals surface area contributed by atoms with Crippen LogP contribution in [0.5, 0.6) is 11.5 Å². The average Bonchev–Trinajstić information content (AvgIpc) is 3.19. The number of anilines is 1. The predicted octanol–water partition coefficient (Wildman–Crippen LogP) is 2.90. The van der Waals surface area contributed by atoms with Crippen LogP contribution in [0.25, 0.3) is 0 Å². The summed E-state index contributed by atoms with van der Waals surface area (Å²) in [6.07, 6.45) is 0.287. The van der Waals surface area contributed by atoms with Crippen LogP contribution < -0.4 is 20.3 Å². The third-order valence-corrected chi connectivity index (χ3v) is 5.54. The summed E-state index contributed by atoms with van der Waals surface area (Å²) in [4.78, 5) is 12.4. The van der Waals surface area contributed by atoms with Crippen molar-refractivity contribution in [3.8, 4) is 11.5 Å². The van der Waals surface area contributed by atoms with Crippen LogP contribution in [0.15, 0.2) is 42.5 Å². The van der Waals surface area contributed by atoms with E-state index in [0.717, 1.165) is 11.0 Å². The lowest BCUT2D eigenvalue weighted by Crippen LogP contribution is -2.41. The predicted molar refractivity (Wildman–Crippen MR) is 107 cm³/mol. The van der Waals surface area contributed by atoms with Gasteiger partial charge in [-0.25, -0.2) is 0 Å². The second-order valence-electron chi connectivity index (χ2n) is 8.07. The number of carbonyl (C=O) groups excluding carboxylic acids is 1. The molecular weight excluding hydrogens is 357 g/mol. The van der Waals surface area contributed by atoms with Gasteiger partial charge in [-0.15, -0.1) is 0 Å². The number of ether oxygens (including phenoxy) is 2. The van der Waals surface area contributed by atoms with Crippen molar-refractivity contribution in [1.82, 2.24) is 0 Å². The minimum atomic E-state index is -0.561. The van der Waals surface area contributed by atoms with Crippen molar-refractivity contribution in [1.29, 1.82) is 0 Å². The minimum absolute atomic E-state index is 0.0907. The van der Waals surface area contributed by atoms with Crippen LogP contribution in [-0.4, -0.2) is 31.0 Å². The van der Waals surface area contributed by atoms with E-state index in [4.69, 9.17) is 18.8 Å². The zero-order valence-corrected chi connectivity index (χ0v) is 16.6. The lowest BCUT2D eigenvalue weighted by molar-refractivity contribution is -0.115. The van der Waals surface area contributed by atoms with E-state index in [0.29, 0.717) is 17.2 Å². The van der Waals surface area contributed by atoms with Crippen LogP contribution in [-0.2, 0) is 20.5 Å². The Hall–Kier alpha value is -2.51. The van der Waals surface area contributed by atoms with Crippen LogP contribution in [0.1, 0.15) is 33.3 Å². The van der Waals surface area contributed by atoms with E-state index in [1.54, 1.807) is 6.07 Å². The van der Waals surface area contributed by atoms with Crippen molar-refractivity contribution in [3.05, 3.63) is 48.0 Å². The van der Waals surface area contributed by atoms with Gasteiger partial charge in [0.15, 0.2) is 11.5 Å². The number of rotatable bonds is 4. The van der Waals surface area contributed by atoms with Crippen molar-refractivity contribution in [3.63, 3.8) is 0 Å². The molecule has 0 aromatic heterocycles.